The molecule has 0 saturated carbocycles. The topological polar surface area (TPSA) is 112 Å². The minimum Gasteiger partial charge on any atom is -0.354 e. The summed E-state index contributed by atoms with van der Waals surface area (Å²) in [4.78, 5) is 68.3. The zero-order valence-electron chi connectivity index (χ0n) is 31.8. The van der Waals surface area contributed by atoms with Gasteiger partial charge in [-0.1, -0.05) is 145 Å². The molecule has 0 aliphatic carbocycles. The summed E-state index contributed by atoms with van der Waals surface area (Å²) in [5, 5.41) is 3.49. The first-order valence-corrected chi connectivity index (χ1v) is 19.9. The van der Waals surface area contributed by atoms with Crippen LogP contribution in [0.3, 0.4) is 0 Å². The molecule has 6 aromatic rings. The molecule has 1 N–H and O–H groups in total. The van der Waals surface area contributed by atoms with Crippen molar-refractivity contribution in [3.05, 3.63) is 216 Å². The predicted octanol–water partition coefficient (Wildman–Crippen LogP) is 9.81. The van der Waals surface area contributed by atoms with Crippen LogP contribution >= 0.6 is 11.8 Å². The SMILES string of the molecule is O=C(/C=C1\N=C(c2ccccc2)N(c2ccc3c(c2)Sc2cc(N4C(=O)/C(=C/C(=O)/C=C/c5ccccc5)N=C4c4ccccc4)ccc2N3)C1=O)/C=C/c1ccccc1. The maximum absolute atomic E-state index is 14.1. The largest absolute Gasteiger partial charge is 0.354 e. The van der Waals surface area contributed by atoms with Gasteiger partial charge in [0.15, 0.2) is 11.6 Å². The van der Waals surface area contributed by atoms with Gasteiger partial charge in [0.2, 0.25) is 0 Å². The van der Waals surface area contributed by atoms with Gasteiger partial charge in [-0.05, 0) is 59.7 Å². The Hall–Kier alpha value is -7.95. The van der Waals surface area contributed by atoms with E-state index in [-0.39, 0.29) is 23.0 Å². The molecular formula is C50H33N5O4S. The number of fused-ring (bicyclic) bond motifs is 2. The lowest BCUT2D eigenvalue weighted by Gasteiger charge is -2.26. The number of amidine groups is 2. The van der Waals surface area contributed by atoms with E-state index in [4.69, 9.17) is 0 Å². The van der Waals surface area contributed by atoms with Gasteiger partial charge in [0, 0.05) is 33.1 Å². The van der Waals surface area contributed by atoms with E-state index in [0.717, 1.165) is 32.3 Å². The van der Waals surface area contributed by atoms with Crippen LogP contribution in [0.25, 0.3) is 12.2 Å². The minimum absolute atomic E-state index is 0.0311. The number of anilines is 4. The standard InChI is InChI=1S/C50H33N5O4S/c56-39(25-21-33-13-5-1-6-14-33)31-43-49(58)54(47(52-43)35-17-9-3-10-18-35)37-23-27-41-45(29-37)60-46-30-38(24-28-42(46)51-41)55-48(36-19-11-4-12-20-36)53-44(50(55)59)32-40(57)26-22-34-15-7-2-8-16-34/h1-32,51H/b25-21+,26-22+,43-31-,44-32-. The number of benzene rings is 6. The average molecular weight is 800 g/mol. The van der Waals surface area contributed by atoms with Crippen LogP contribution < -0.4 is 15.1 Å². The summed E-state index contributed by atoms with van der Waals surface area (Å²) in [5.41, 5.74) is 6.03. The summed E-state index contributed by atoms with van der Waals surface area (Å²) in [6.07, 6.45) is 8.78. The van der Waals surface area contributed by atoms with Crippen LogP contribution in [0.15, 0.2) is 213 Å². The predicted molar refractivity (Wildman–Crippen MR) is 238 cm³/mol. The van der Waals surface area contributed by atoms with E-state index in [1.54, 1.807) is 12.2 Å². The van der Waals surface area contributed by atoms with Crippen molar-refractivity contribution in [3.8, 4) is 0 Å². The first kappa shape index (κ1) is 37.6. The van der Waals surface area contributed by atoms with Gasteiger partial charge in [-0.3, -0.25) is 29.0 Å². The van der Waals surface area contributed by atoms with Crippen molar-refractivity contribution in [1.29, 1.82) is 0 Å². The maximum Gasteiger partial charge on any atom is 0.282 e. The van der Waals surface area contributed by atoms with Crippen molar-refractivity contribution in [1.82, 2.24) is 0 Å². The van der Waals surface area contributed by atoms with E-state index < -0.39 is 11.8 Å². The minimum atomic E-state index is -0.426. The molecule has 3 aliphatic heterocycles. The van der Waals surface area contributed by atoms with Crippen molar-refractivity contribution >= 4 is 81.7 Å². The number of ketones is 2. The van der Waals surface area contributed by atoms with E-state index in [1.165, 1.54) is 45.9 Å². The number of nitrogens with one attached hydrogen (secondary N) is 1. The molecule has 0 unspecified atom stereocenters. The lowest BCUT2D eigenvalue weighted by Crippen LogP contribution is -2.33. The lowest BCUT2D eigenvalue weighted by atomic mass is 10.1. The Kier molecular flexibility index (Phi) is 10.3. The summed E-state index contributed by atoms with van der Waals surface area (Å²) in [6.45, 7) is 0. The van der Waals surface area contributed by atoms with Crippen LogP contribution in [0.4, 0.5) is 22.7 Å². The molecule has 6 aromatic carbocycles. The van der Waals surface area contributed by atoms with Gasteiger partial charge in [-0.25, -0.2) is 9.98 Å². The fourth-order valence-electron chi connectivity index (χ4n) is 6.86. The molecule has 10 heteroatoms. The van der Waals surface area contributed by atoms with Gasteiger partial charge in [-0.2, -0.15) is 0 Å². The third kappa shape index (κ3) is 7.83. The smallest absolute Gasteiger partial charge is 0.282 e. The van der Waals surface area contributed by atoms with Crippen LogP contribution in [-0.2, 0) is 19.2 Å². The monoisotopic (exact) mass is 799 g/mol. The molecule has 0 saturated heterocycles. The number of aliphatic imine (C=N–C) groups is 2. The zero-order chi connectivity index (χ0) is 41.0. The van der Waals surface area contributed by atoms with Crippen molar-refractivity contribution < 1.29 is 19.2 Å². The highest BCUT2D eigenvalue weighted by Gasteiger charge is 2.35. The first-order chi connectivity index (χ1) is 29.4. The summed E-state index contributed by atoms with van der Waals surface area (Å²) < 4.78 is 0. The molecule has 0 fully saturated rings. The van der Waals surface area contributed by atoms with E-state index in [2.05, 4.69) is 15.3 Å². The van der Waals surface area contributed by atoms with Crippen molar-refractivity contribution in [2.45, 2.75) is 9.79 Å². The Morgan fingerprint density at radius 3 is 1.28 bits per heavy atom. The molecular weight excluding hydrogens is 767 g/mol. The third-order valence-corrected chi connectivity index (χ3v) is 10.9. The first-order valence-electron chi connectivity index (χ1n) is 19.1. The highest BCUT2D eigenvalue weighted by Crippen LogP contribution is 2.47. The van der Waals surface area contributed by atoms with E-state index in [9.17, 15) is 19.2 Å². The summed E-state index contributed by atoms with van der Waals surface area (Å²) in [7, 11) is 0. The Balaban J connectivity index is 1.01. The molecule has 0 aromatic heterocycles. The number of allylic oxidation sites excluding steroid dienone is 4. The fourth-order valence-corrected chi connectivity index (χ4v) is 7.92. The quantitative estimate of drug-likeness (QED) is 0.138. The lowest BCUT2D eigenvalue weighted by molar-refractivity contribution is -0.115. The molecule has 2 amide bonds. The summed E-state index contributed by atoms with van der Waals surface area (Å²) >= 11 is 1.48. The maximum atomic E-state index is 14.1. The second kappa shape index (κ2) is 16.5. The van der Waals surface area contributed by atoms with E-state index in [0.29, 0.717) is 34.2 Å². The molecule has 0 radical (unpaired) electrons. The third-order valence-electron chi connectivity index (χ3n) is 9.76. The second-order valence-electron chi connectivity index (χ2n) is 13.8. The molecule has 0 bridgehead atoms. The number of carbonyl (C=O) groups is 4. The molecule has 288 valence electrons. The van der Waals surface area contributed by atoms with Gasteiger partial charge in [0.1, 0.15) is 23.1 Å². The molecule has 0 atom stereocenters. The van der Waals surface area contributed by atoms with Crippen molar-refractivity contribution in [2.24, 2.45) is 9.98 Å². The van der Waals surface area contributed by atoms with Crippen molar-refractivity contribution in [3.63, 3.8) is 0 Å². The van der Waals surface area contributed by atoms with Gasteiger partial charge < -0.3 is 5.32 Å². The average Bonchev–Trinajstić information content (AvgIpc) is 3.79. The number of nitrogens with zero attached hydrogens (tertiary/aromatic N) is 4. The fraction of sp³-hybridized carbons (Fsp3) is 0. The molecule has 9 rings (SSSR count). The number of hydrogen-bond acceptors (Lipinski definition) is 8. The second-order valence-corrected chi connectivity index (χ2v) is 14.9. The van der Waals surface area contributed by atoms with Crippen molar-refractivity contribution in [2.75, 3.05) is 15.1 Å². The van der Waals surface area contributed by atoms with E-state index in [1.807, 2.05) is 158 Å². The molecule has 3 heterocycles. The normalized spacial score (nSPS) is 16.0. The van der Waals surface area contributed by atoms with Crippen LogP contribution in [0.2, 0.25) is 0 Å². The molecule has 3 aliphatic rings. The van der Waals surface area contributed by atoms with Gasteiger partial charge >= 0.3 is 0 Å². The Morgan fingerprint density at radius 2 is 0.883 bits per heavy atom. The van der Waals surface area contributed by atoms with Crippen LogP contribution in [0.5, 0.6) is 0 Å². The highest BCUT2D eigenvalue weighted by atomic mass is 32.2. The molecule has 0 spiro atoms. The Bertz CT molecular complexity index is 2690. The van der Waals surface area contributed by atoms with Crippen LogP contribution in [-0.4, -0.2) is 35.1 Å². The Morgan fingerprint density at radius 1 is 0.500 bits per heavy atom. The van der Waals surface area contributed by atoms with E-state index >= 15 is 0 Å². The van der Waals surface area contributed by atoms with Gasteiger partial charge in [0.25, 0.3) is 11.8 Å². The van der Waals surface area contributed by atoms with Crippen LogP contribution in [0, 0.1) is 0 Å². The number of rotatable bonds is 10. The van der Waals surface area contributed by atoms with Crippen LogP contribution in [0.1, 0.15) is 22.3 Å². The summed E-state index contributed by atoms with van der Waals surface area (Å²) in [6, 6.07) is 49.0. The Labute approximate surface area is 350 Å². The zero-order valence-corrected chi connectivity index (χ0v) is 32.6. The summed E-state index contributed by atoms with van der Waals surface area (Å²) in [5.74, 6) is -0.759. The molecule has 9 nitrogen and oxygen atoms in total. The highest BCUT2D eigenvalue weighted by molar-refractivity contribution is 7.99. The molecule has 60 heavy (non-hydrogen) atoms. The number of hydrogen-bond donors (Lipinski definition) is 1. The van der Waals surface area contributed by atoms with Gasteiger partial charge in [0.05, 0.1) is 22.7 Å². The number of amides is 2. The number of carbonyl (C=O) groups excluding carboxylic acids is 4. The van der Waals surface area contributed by atoms with Gasteiger partial charge in [-0.15, -0.1) is 0 Å².